The van der Waals surface area contributed by atoms with Crippen molar-refractivity contribution in [1.82, 2.24) is 14.9 Å². The number of nitrogens with zero attached hydrogens (tertiary/aromatic N) is 2. The summed E-state index contributed by atoms with van der Waals surface area (Å²) in [5.41, 5.74) is 1.41. The number of ether oxygens (including phenoxy) is 1. The molecule has 0 saturated carbocycles. The van der Waals surface area contributed by atoms with E-state index in [1.807, 2.05) is 36.4 Å². The third-order valence-corrected chi connectivity index (χ3v) is 4.12. The van der Waals surface area contributed by atoms with Crippen LogP contribution in [0.5, 0.6) is 0 Å². The molecule has 1 aromatic carbocycles. The second kappa shape index (κ2) is 7.27. The maximum absolute atomic E-state index is 13.1. The molecule has 0 aliphatic rings. The molecule has 2 aromatic heterocycles. The highest BCUT2D eigenvalue weighted by Crippen LogP contribution is 2.22. The van der Waals surface area contributed by atoms with E-state index in [0.29, 0.717) is 23.1 Å². The van der Waals surface area contributed by atoms with Crippen LogP contribution >= 0.6 is 0 Å². The quantitative estimate of drug-likeness (QED) is 0.776. The minimum Gasteiger partial charge on any atom is -0.382 e. The summed E-state index contributed by atoms with van der Waals surface area (Å²) >= 11 is 0. The van der Waals surface area contributed by atoms with E-state index in [9.17, 15) is 9.59 Å². The van der Waals surface area contributed by atoms with E-state index in [4.69, 9.17) is 4.74 Å². The van der Waals surface area contributed by atoms with Gasteiger partial charge in [0.25, 0.3) is 5.91 Å². The average Bonchev–Trinajstić information content (AvgIpc) is 2.65. The van der Waals surface area contributed by atoms with Crippen molar-refractivity contribution in [2.45, 2.75) is 6.04 Å². The largest absolute Gasteiger partial charge is 0.382 e. The topological polar surface area (TPSA) is 75.3 Å². The van der Waals surface area contributed by atoms with Crippen LogP contribution in [0.25, 0.3) is 10.9 Å². The van der Waals surface area contributed by atoms with Crippen LogP contribution in [0, 0.1) is 0 Å². The van der Waals surface area contributed by atoms with Gasteiger partial charge in [0.1, 0.15) is 0 Å². The molecule has 128 valence electrons. The highest BCUT2D eigenvalue weighted by Gasteiger charge is 2.25. The SMILES string of the molecule is COC[C@@H](c1ccccn1)N(C)C(=O)c1cc(=O)[nH]c2ccccc12. The lowest BCUT2D eigenvalue weighted by Crippen LogP contribution is -2.35. The van der Waals surface area contributed by atoms with E-state index >= 15 is 0 Å². The number of aromatic amines is 1. The summed E-state index contributed by atoms with van der Waals surface area (Å²) in [6.45, 7) is 0.306. The Balaban J connectivity index is 2.03. The first kappa shape index (κ1) is 16.9. The number of nitrogens with one attached hydrogen (secondary N) is 1. The van der Waals surface area contributed by atoms with Crippen molar-refractivity contribution in [1.29, 1.82) is 0 Å². The second-order valence-corrected chi connectivity index (χ2v) is 5.73. The summed E-state index contributed by atoms with van der Waals surface area (Å²) in [6, 6.07) is 13.8. The molecule has 0 bridgehead atoms. The molecule has 0 spiro atoms. The Hall–Kier alpha value is -2.99. The molecule has 3 rings (SSSR count). The summed E-state index contributed by atoms with van der Waals surface area (Å²) in [5, 5.41) is 0.705. The van der Waals surface area contributed by atoms with Crippen molar-refractivity contribution >= 4 is 16.8 Å². The molecular weight excluding hydrogens is 318 g/mol. The summed E-state index contributed by atoms with van der Waals surface area (Å²) in [7, 11) is 3.27. The molecule has 0 saturated heterocycles. The van der Waals surface area contributed by atoms with E-state index < -0.39 is 0 Å². The Morgan fingerprint density at radius 1 is 1.24 bits per heavy atom. The van der Waals surface area contributed by atoms with Crippen molar-refractivity contribution in [3.63, 3.8) is 0 Å². The Morgan fingerprint density at radius 2 is 2.00 bits per heavy atom. The van der Waals surface area contributed by atoms with Gasteiger partial charge in [-0.1, -0.05) is 24.3 Å². The molecule has 1 amide bonds. The number of likely N-dealkylation sites (N-methyl/N-ethyl adjacent to an activating group) is 1. The van der Waals surface area contributed by atoms with Crippen LogP contribution in [-0.4, -0.2) is 41.5 Å². The summed E-state index contributed by atoms with van der Waals surface area (Å²) in [5.74, 6) is -0.255. The fourth-order valence-corrected chi connectivity index (χ4v) is 2.84. The van der Waals surface area contributed by atoms with Gasteiger partial charge in [-0.2, -0.15) is 0 Å². The molecule has 0 fully saturated rings. The number of amides is 1. The number of fused-ring (bicyclic) bond motifs is 1. The number of para-hydroxylation sites is 1. The molecule has 3 aromatic rings. The zero-order valence-corrected chi connectivity index (χ0v) is 14.1. The lowest BCUT2D eigenvalue weighted by Gasteiger charge is -2.27. The summed E-state index contributed by atoms with van der Waals surface area (Å²) < 4.78 is 5.27. The first-order chi connectivity index (χ1) is 12.1. The van der Waals surface area contributed by atoms with E-state index in [2.05, 4.69) is 9.97 Å². The van der Waals surface area contributed by atoms with E-state index in [1.54, 1.807) is 31.3 Å². The number of aromatic nitrogens is 2. The normalized spacial score (nSPS) is 12.1. The number of carbonyl (C=O) groups is 1. The molecular formula is C19H19N3O3. The molecule has 0 unspecified atom stereocenters. The second-order valence-electron chi connectivity index (χ2n) is 5.73. The van der Waals surface area contributed by atoms with Crippen LogP contribution < -0.4 is 5.56 Å². The van der Waals surface area contributed by atoms with Gasteiger partial charge < -0.3 is 14.6 Å². The Kier molecular flexibility index (Phi) is 4.90. The minimum absolute atomic E-state index is 0.255. The standard InChI is InChI=1S/C19H19N3O3/c1-22(17(12-25-2)16-9-5-6-10-20-16)19(24)14-11-18(23)21-15-8-4-3-7-13(14)15/h3-11,17H,12H2,1-2H3,(H,21,23)/t17-/m0/s1. The van der Waals surface area contributed by atoms with Gasteiger partial charge in [0, 0.05) is 37.3 Å². The predicted octanol–water partition coefficient (Wildman–Crippen LogP) is 2.38. The van der Waals surface area contributed by atoms with Gasteiger partial charge in [0.15, 0.2) is 0 Å². The number of H-pyrrole nitrogens is 1. The number of hydrogen-bond acceptors (Lipinski definition) is 4. The summed E-state index contributed by atoms with van der Waals surface area (Å²) in [4.78, 5) is 33.7. The van der Waals surface area contributed by atoms with Crippen molar-refractivity contribution < 1.29 is 9.53 Å². The fraction of sp³-hybridized carbons (Fsp3) is 0.211. The molecule has 2 heterocycles. The van der Waals surface area contributed by atoms with Crippen LogP contribution in [-0.2, 0) is 4.74 Å². The minimum atomic E-state index is -0.350. The molecule has 1 atom stereocenters. The smallest absolute Gasteiger partial charge is 0.255 e. The lowest BCUT2D eigenvalue weighted by molar-refractivity contribution is 0.0596. The molecule has 0 aliphatic carbocycles. The monoisotopic (exact) mass is 337 g/mol. The van der Waals surface area contributed by atoms with Gasteiger partial charge in [-0.25, -0.2) is 0 Å². The van der Waals surface area contributed by atoms with Gasteiger partial charge in [-0.3, -0.25) is 14.6 Å². The number of carbonyl (C=O) groups excluding carboxylic acids is 1. The number of pyridine rings is 2. The number of rotatable bonds is 5. The highest BCUT2D eigenvalue weighted by atomic mass is 16.5. The molecule has 0 radical (unpaired) electrons. The molecule has 1 N–H and O–H groups in total. The third-order valence-electron chi connectivity index (χ3n) is 4.12. The number of methoxy groups -OCH3 is 1. The van der Waals surface area contributed by atoms with E-state index in [-0.39, 0.29) is 17.5 Å². The van der Waals surface area contributed by atoms with Gasteiger partial charge in [-0.05, 0) is 18.2 Å². The van der Waals surface area contributed by atoms with Gasteiger partial charge in [-0.15, -0.1) is 0 Å². The first-order valence-corrected chi connectivity index (χ1v) is 7.91. The lowest BCUT2D eigenvalue weighted by atomic mass is 10.1. The summed E-state index contributed by atoms with van der Waals surface area (Å²) in [6.07, 6.45) is 1.68. The van der Waals surface area contributed by atoms with Crippen LogP contribution in [0.2, 0.25) is 0 Å². The van der Waals surface area contributed by atoms with E-state index in [1.165, 1.54) is 6.07 Å². The van der Waals surface area contributed by atoms with Crippen molar-refractivity contribution in [2.75, 3.05) is 20.8 Å². The van der Waals surface area contributed by atoms with Gasteiger partial charge in [0.2, 0.25) is 5.56 Å². The van der Waals surface area contributed by atoms with Crippen LogP contribution in [0.15, 0.2) is 59.5 Å². The van der Waals surface area contributed by atoms with Crippen molar-refractivity contribution in [3.8, 4) is 0 Å². The average molecular weight is 337 g/mol. The zero-order chi connectivity index (χ0) is 17.8. The molecule has 0 aliphatic heterocycles. The first-order valence-electron chi connectivity index (χ1n) is 7.91. The number of benzene rings is 1. The molecule has 6 nitrogen and oxygen atoms in total. The van der Waals surface area contributed by atoms with Crippen LogP contribution in [0.4, 0.5) is 0 Å². The van der Waals surface area contributed by atoms with Crippen LogP contribution in [0.3, 0.4) is 0 Å². The molecule has 6 heteroatoms. The molecule has 25 heavy (non-hydrogen) atoms. The maximum Gasteiger partial charge on any atom is 0.255 e. The van der Waals surface area contributed by atoms with Crippen LogP contribution in [0.1, 0.15) is 22.1 Å². The van der Waals surface area contributed by atoms with Crippen molar-refractivity contribution in [3.05, 3.63) is 76.3 Å². The Labute approximate surface area is 145 Å². The zero-order valence-electron chi connectivity index (χ0n) is 14.1. The van der Waals surface area contributed by atoms with E-state index in [0.717, 1.165) is 5.69 Å². The van der Waals surface area contributed by atoms with Gasteiger partial charge in [0.05, 0.1) is 23.9 Å². The predicted molar refractivity (Wildman–Crippen MR) is 95.5 cm³/mol. The Bertz CT molecular complexity index is 937. The Morgan fingerprint density at radius 3 is 2.72 bits per heavy atom. The van der Waals surface area contributed by atoms with Gasteiger partial charge >= 0.3 is 0 Å². The fourth-order valence-electron chi connectivity index (χ4n) is 2.84. The number of hydrogen-bond donors (Lipinski definition) is 1. The van der Waals surface area contributed by atoms with Crippen molar-refractivity contribution in [2.24, 2.45) is 0 Å². The maximum atomic E-state index is 13.1. The third kappa shape index (κ3) is 3.44. The highest BCUT2D eigenvalue weighted by molar-refractivity contribution is 6.05.